The summed E-state index contributed by atoms with van der Waals surface area (Å²) in [5, 5.41) is 11.7. The molecule has 0 spiro atoms. The van der Waals surface area contributed by atoms with E-state index >= 15 is 0 Å². The van der Waals surface area contributed by atoms with Crippen LogP contribution in [0.2, 0.25) is 0 Å². The van der Waals surface area contributed by atoms with Crippen molar-refractivity contribution in [2.45, 2.75) is 26.7 Å². The van der Waals surface area contributed by atoms with Gasteiger partial charge in [-0.2, -0.15) is 0 Å². The quantitative estimate of drug-likeness (QED) is 0.223. The van der Waals surface area contributed by atoms with E-state index in [4.69, 9.17) is 15.7 Å². The van der Waals surface area contributed by atoms with Crippen LogP contribution >= 0.6 is 0 Å². The summed E-state index contributed by atoms with van der Waals surface area (Å²) in [5.41, 5.74) is 4.83. The molecule has 3 N–H and O–H groups in total. The largest absolute Gasteiger partial charge is 0.409 e. The normalized spacial score (nSPS) is 17.9. The molecule has 0 unspecified atom stereocenters. The molecule has 1 aliphatic rings. The van der Waals surface area contributed by atoms with E-state index in [1.807, 2.05) is 13.8 Å². The van der Waals surface area contributed by atoms with Crippen LogP contribution in [0.5, 0.6) is 0 Å². The molecule has 0 atom stereocenters. The third kappa shape index (κ3) is 2.88. The van der Waals surface area contributed by atoms with Crippen LogP contribution < -0.4 is 5.73 Å². The van der Waals surface area contributed by atoms with Crippen molar-refractivity contribution >= 4 is 11.7 Å². The van der Waals surface area contributed by atoms with Gasteiger partial charge in [0.1, 0.15) is 5.41 Å². The molecule has 6 nitrogen and oxygen atoms in total. The monoisotopic (exact) mass is 243 g/mol. The maximum absolute atomic E-state index is 12.3. The number of rotatable bonds is 7. The van der Waals surface area contributed by atoms with Gasteiger partial charge in [-0.25, -0.2) is 0 Å². The van der Waals surface area contributed by atoms with Crippen LogP contribution in [0.3, 0.4) is 0 Å². The smallest absolute Gasteiger partial charge is 0.236 e. The number of oxime groups is 1. The van der Waals surface area contributed by atoms with Crippen LogP contribution in [0.1, 0.15) is 26.7 Å². The van der Waals surface area contributed by atoms with Crippen molar-refractivity contribution in [3.63, 3.8) is 0 Å². The Kier molecular flexibility index (Phi) is 4.74. The number of amidine groups is 1. The number of hydrogen-bond donors (Lipinski definition) is 2. The highest BCUT2D eigenvalue weighted by Crippen LogP contribution is 2.47. The predicted molar refractivity (Wildman–Crippen MR) is 63.8 cm³/mol. The summed E-state index contributed by atoms with van der Waals surface area (Å²) in [5.74, 6) is -0.0348. The Balaban J connectivity index is 2.60. The van der Waals surface area contributed by atoms with Gasteiger partial charge in [-0.3, -0.25) is 4.79 Å². The molecule has 0 aliphatic heterocycles. The molecule has 1 saturated carbocycles. The summed E-state index contributed by atoms with van der Waals surface area (Å²) in [6.45, 7) is 6.12. The lowest BCUT2D eigenvalue weighted by Gasteiger charge is -2.25. The molecule has 0 heterocycles. The molecule has 0 aromatic heterocycles. The number of nitrogens with zero attached hydrogens (tertiary/aromatic N) is 2. The van der Waals surface area contributed by atoms with Gasteiger partial charge in [-0.15, -0.1) is 0 Å². The summed E-state index contributed by atoms with van der Waals surface area (Å²) >= 11 is 0. The molecule has 0 bridgehead atoms. The highest BCUT2D eigenvalue weighted by molar-refractivity contribution is 6.09. The van der Waals surface area contributed by atoms with Crippen molar-refractivity contribution < 1.29 is 14.7 Å². The zero-order chi connectivity index (χ0) is 12.9. The number of amides is 1. The SMILES string of the molecule is CCOCCN(CC)C(=O)C1(C(N)=NO)CC1. The first-order valence-electron chi connectivity index (χ1n) is 5.97. The maximum atomic E-state index is 12.3. The average Bonchev–Trinajstić information content (AvgIpc) is 3.14. The van der Waals surface area contributed by atoms with Crippen LogP contribution in [-0.4, -0.2) is 48.2 Å². The van der Waals surface area contributed by atoms with E-state index in [0.717, 1.165) is 0 Å². The van der Waals surface area contributed by atoms with E-state index in [1.165, 1.54) is 0 Å². The Bertz CT molecular complexity index is 300. The number of hydrogen-bond acceptors (Lipinski definition) is 4. The summed E-state index contributed by atoms with van der Waals surface area (Å²) in [7, 11) is 0. The van der Waals surface area contributed by atoms with Crippen molar-refractivity contribution in [3.05, 3.63) is 0 Å². The second-order valence-electron chi connectivity index (χ2n) is 4.15. The van der Waals surface area contributed by atoms with Gasteiger partial charge in [-0.05, 0) is 26.7 Å². The Morgan fingerprint density at radius 1 is 1.53 bits per heavy atom. The molecule has 1 aliphatic carbocycles. The fraction of sp³-hybridized carbons (Fsp3) is 0.818. The molecule has 1 fully saturated rings. The van der Waals surface area contributed by atoms with Gasteiger partial charge in [-0.1, -0.05) is 5.16 Å². The molecule has 6 heteroatoms. The first kappa shape index (κ1) is 13.8. The number of ether oxygens (including phenoxy) is 1. The Morgan fingerprint density at radius 3 is 2.59 bits per heavy atom. The Hall–Kier alpha value is -1.30. The predicted octanol–water partition coefficient (Wildman–Crippen LogP) is 0.398. The summed E-state index contributed by atoms with van der Waals surface area (Å²) < 4.78 is 5.23. The van der Waals surface area contributed by atoms with E-state index in [2.05, 4.69) is 5.16 Å². The van der Waals surface area contributed by atoms with Crippen molar-refractivity contribution in [3.8, 4) is 0 Å². The van der Waals surface area contributed by atoms with Crippen molar-refractivity contribution in [2.75, 3.05) is 26.3 Å². The maximum Gasteiger partial charge on any atom is 0.236 e. The first-order valence-corrected chi connectivity index (χ1v) is 5.97. The van der Waals surface area contributed by atoms with E-state index < -0.39 is 5.41 Å². The van der Waals surface area contributed by atoms with Gasteiger partial charge < -0.3 is 20.6 Å². The molecule has 98 valence electrons. The van der Waals surface area contributed by atoms with Crippen LogP contribution in [0.4, 0.5) is 0 Å². The molecular weight excluding hydrogens is 222 g/mol. The highest BCUT2D eigenvalue weighted by atomic mass is 16.5. The number of carbonyl (C=O) groups excluding carboxylic acids is 1. The van der Waals surface area contributed by atoms with Gasteiger partial charge >= 0.3 is 0 Å². The second kappa shape index (κ2) is 5.86. The lowest BCUT2D eigenvalue weighted by molar-refractivity contribution is -0.135. The van der Waals surface area contributed by atoms with Gasteiger partial charge in [0.25, 0.3) is 0 Å². The standard InChI is InChI=1S/C11H21N3O3/c1-3-14(7-8-17-4-2)10(15)11(5-6-11)9(12)13-16/h16H,3-8H2,1-2H3,(H2,12,13). The van der Waals surface area contributed by atoms with Crippen LogP contribution in [0.15, 0.2) is 5.16 Å². The van der Waals surface area contributed by atoms with Crippen molar-refractivity contribution in [1.29, 1.82) is 0 Å². The topological polar surface area (TPSA) is 88.2 Å². The Labute approximate surface area is 101 Å². The zero-order valence-corrected chi connectivity index (χ0v) is 10.5. The van der Waals surface area contributed by atoms with E-state index in [-0.39, 0.29) is 11.7 Å². The minimum Gasteiger partial charge on any atom is -0.409 e. The minimum absolute atomic E-state index is 0.0253. The van der Waals surface area contributed by atoms with Gasteiger partial charge in [0.05, 0.1) is 6.61 Å². The van der Waals surface area contributed by atoms with Crippen LogP contribution in [-0.2, 0) is 9.53 Å². The number of likely N-dealkylation sites (N-methyl/N-ethyl adjacent to an activating group) is 1. The van der Waals surface area contributed by atoms with Crippen molar-refractivity contribution in [1.82, 2.24) is 4.90 Å². The number of nitrogens with two attached hydrogens (primary N) is 1. The molecule has 0 aromatic carbocycles. The third-order valence-corrected chi connectivity index (χ3v) is 3.14. The van der Waals surface area contributed by atoms with Crippen LogP contribution in [0, 0.1) is 5.41 Å². The molecule has 17 heavy (non-hydrogen) atoms. The zero-order valence-electron chi connectivity index (χ0n) is 10.5. The minimum atomic E-state index is -0.753. The number of carbonyl (C=O) groups is 1. The fourth-order valence-corrected chi connectivity index (χ4v) is 1.83. The summed E-state index contributed by atoms with van der Waals surface area (Å²) in [6.07, 6.45) is 1.32. The molecule has 1 rings (SSSR count). The molecular formula is C11H21N3O3. The Morgan fingerprint density at radius 2 is 2.18 bits per heavy atom. The third-order valence-electron chi connectivity index (χ3n) is 3.14. The molecule has 0 radical (unpaired) electrons. The molecule has 0 saturated heterocycles. The summed E-state index contributed by atoms with van der Waals surface area (Å²) in [6, 6.07) is 0. The van der Waals surface area contributed by atoms with Gasteiger partial charge in [0, 0.05) is 19.7 Å². The van der Waals surface area contributed by atoms with Crippen LogP contribution in [0.25, 0.3) is 0 Å². The van der Waals surface area contributed by atoms with Gasteiger partial charge in [0.15, 0.2) is 5.84 Å². The van der Waals surface area contributed by atoms with E-state index in [0.29, 0.717) is 39.1 Å². The fourth-order valence-electron chi connectivity index (χ4n) is 1.83. The average molecular weight is 243 g/mol. The lowest BCUT2D eigenvalue weighted by Crippen LogP contribution is -2.44. The van der Waals surface area contributed by atoms with Crippen molar-refractivity contribution in [2.24, 2.45) is 16.3 Å². The van der Waals surface area contributed by atoms with E-state index in [1.54, 1.807) is 4.90 Å². The van der Waals surface area contributed by atoms with E-state index in [9.17, 15) is 4.79 Å². The molecule has 0 aromatic rings. The second-order valence-corrected chi connectivity index (χ2v) is 4.15. The molecule has 1 amide bonds. The summed E-state index contributed by atoms with van der Waals surface area (Å²) in [4.78, 5) is 13.9. The van der Waals surface area contributed by atoms with Gasteiger partial charge in [0.2, 0.25) is 5.91 Å². The lowest BCUT2D eigenvalue weighted by atomic mass is 10.0. The first-order chi connectivity index (χ1) is 8.12. The highest BCUT2D eigenvalue weighted by Gasteiger charge is 2.55.